The predicted molar refractivity (Wildman–Crippen MR) is 56.4 cm³/mol. The van der Waals surface area contributed by atoms with Gasteiger partial charge in [-0.1, -0.05) is 0 Å². The van der Waals surface area contributed by atoms with Crippen LogP contribution in [0.5, 0.6) is 0 Å². The van der Waals surface area contributed by atoms with Crippen LogP contribution in [0.4, 0.5) is 0 Å². The van der Waals surface area contributed by atoms with Crippen LogP contribution in [0.25, 0.3) is 0 Å². The summed E-state index contributed by atoms with van der Waals surface area (Å²) >= 11 is 4.67. The van der Waals surface area contributed by atoms with E-state index in [-0.39, 0.29) is 77.7 Å². The van der Waals surface area contributed by atoms with Crippen LogP contribution in [0.2, 0.25) is 0 Å². The fourth-order valence-corrected chi connectivity index (χ4v) is 1.90. The molecular weight excluding hydrogens is 1290 g/mol. The molecule has 0 aliphatic carbocycles. The number of allylic oxidation sites excluding steroid dienone is 1. The minimum atomic E-state index is -0.172. The van der Waals surface area contributed by atoms with Crippen molar-refractivity contribution in [3.63, 3.8) is 0 Å². The van der Waals surface area contributed by atoms with Crippen molar-refractivity contribution in [1.29, 1.82) is 0 Å². The first-order valence-corrected chi connectivity index (χ1v) is 19.4. The second-order valence-corrected chi connectivity index (χ2v) is 4.70. The first-order chi connectivity index (χ1) is 7.10. The minimum absolute atomic E-state index is 0. The van der Waals surface area contributed by atoms with E-state index in [2.05, 4.69) is 15.0 Å². The maximum absolute atomic E-state index is 11.1. The number of hydrogen-bond acceptors (Lipinski definition) is 2. The van der Waals surface area contributed by atoms with Gasteiger partial charge < -0.3 is 0 Å². The Morgan fingerprint density at radius 2 is 1.83 bits per heavy atom. The Kier molecular flexibility index (Phi) is 48.6. The second-order valence-electron chi connectivity index (χ2n) is 2.71. The number of carbonyl (C=O) groups is 1. The van der Waals surface area contributed by atoms with Gasteiger partial charge in [-0.25, -0.2) is 0 Å². The van der Waals surface area contributed by atoms with Crippen LogP contribution in [0.1, 0.15) is 20.3 Å². The first kappa shape index (κ1) is 33.6. The van der Waals surface area contributed by atoms with E-state index in [1.54, 1.807) is 32.4 Å². The van der Waals surface area contributed by atoms with Crippen LogP contribution in [-0.4, -0.2) is 10.4 Å². The molecule has 10 heteroatoms. The number of hydrogen-bond donors (Lipinski definition) is 0. The summed E-state index contributed by atoms with van der Waals surface area (Å²) in [4.78, 5) is 11.1. The van der Waals surface area contributed by atoms with Crippen molar-refractivity contribution in [2.24, 2.45) is 5.92 Å². The van der Waals surface area contributed by atoms with E-state index in [1.165, 1.54) is 19.4 Å². The molecule has 2 unspecified atom stereocenters. The van der Waals surface area contributed by atoms with E-state index in [0.29, 0.717) is 12.3 Å². The van der Waals surface area contributed by atoms with Gasteiger partial charge in [0, 0.05) is 63.2 Å². The average Bonchev–Trinajstić information content (AvgIpc) is 2.19. The topological polar surface area (TPSA) is 26.3 Å². The molecule has 2 atom stereocenters. The zero-order chi connectivity index (χ0) is 12.3. The summed E-state index contributed by atoms with van der Waals surface area (Å²) in [5, 5.41) is 0. The van der Waals surface area contributed by atoms with Gasteiger partial charge in [0.2, 0.25) is 0 Å². The molecule has 0 saturated heterocycles. The van der Waals surface area contributed by atoms with Gasteiger partial charge in [0.05, 0.1) is 0 Å². The fraction of sp³-hybridized carbons (Fsp3) is 0.500. The molecule has 0 bridgehead atoms. The third-order valence-electron chi connectivity index (χ3n) is 1.12. The Labute approximate surface area is 187 Å². The molecule has 104 valence electrons. The molecular formula is C8H13O2P2W6-. The van der Waals surface area contributed by atoms with E-state index in [0.717, 1.165) is 5.57 Å². The van der Waals surface area contributed by atoms with Gasteiger partial charge in [-0.3, -0.25) is 0 Å². The normalized spacial score (nSPS) is 9.22. The molecule has 0 saturated carbocycles. The molecule has 0 amide bonds. The molecule has 0 aromatic rings. The van der Waals surface area contributed by atoms with Crippen molar-refractivity contribution < 1.29 is 124 Å². The Morgan fingerprint density at radius 1 is 1.39 bits per heavy atom. The van der Waals surface area contributed by atoms with Crippen LogP contribution in [0.3, 0.4) is 0 Å². The Morgan fingerprint density at radius 3 is 2.11 bits per heavy atom. The van der Waals surface area contributed by atoms with Crippen molar-refractivity contribution in [2.75, 3.05) is 0 Å². The van der Waals surface area contributed by atoms with Gasteiger partial charge in [-0.15, -0.1) is 0 Å². The molecule has 0 aliphatic heterocycles. The van der Waals surface area contributed by atoms with Crippen LogP contribution < -0.4 is 0 Å². The van der Waals surface area contributed by atoms with Crippen molar-refractivity contribution in [3.05, 3.63) is 11.6 Å². The van der Waals surface area contributed by atoms with Gasteiger partial charge in [0.1, 0.15) is 0 Å². The molecule has 18 heavy (non-hydrogen) atoms. The number of carbonyl (C=O) groups excluding carboxylic acids is 1. The SMILES string of the molecule is CC(C)[C-]=C([CH]=[W])CC(=O)OPP.[W].[W].[W].[W]=[W]. The third kappa shape index (κ3) is 25.0. The summed E-state index contributed by atoms with van der Waals surface area (Å²) in [5.41, 5.74) is 0.957. The summed E-state index contributed by atoms with van der Waals surface area (Å²) < 4.78 is 6.82. The first-order valence-electron chi connectivity index (χ1n) is 3.99. The Bertz CT molecular complexity index is 238. The van der Waals surface area contributed by atoms with Crippen LogP contribution in [0, 0.1) is 12.0 Å². The molecule has 0 rings (SSSR count). The quantitative estimate of drug-likeness (QED) is 0.312. The van der Waals surface area contributed by atoms with Gasteiger partial charge >= 0.3 is 127 Å². The van der Waals surface area contributed by atoms with Crippen molar-refractivity contribution >= 4 is 27.8 Å². The Balaban J connectivity index is -0.000000107. The van der Waals surface area contributed by atoms with Crippen LogP contribution in [-0.2, 0) is 124 Å². The average molecular weight is 1310 g/mol. The van der Waals surface area contributed by atoms with Gasteiger partial charge in [-0.05, 0) is 0 Å². The Hall–Kier alpha value is 4.07. The van der Waals surface area contributed by atoms with Gasteiger partial charge in [0.15, 0.2) is 0 Å². The molecule has 0 aromatic heterocycles. The molecule has 0 fully saturated rings. The maximum atomic E-state index is 11.1. The summed E-state index contributed by atoms with van der Waals surface area (Å²) in [7, 11) is 2.54. The second kappa shape index (κ2) is 26.0. The van der Waals surface area contributed by atoms with E-state index in [9.17, 15) is 4.79 Å². The summed E-state index contributed by atoms with van der Waals surface area (Å²) in [6.45, 7) is 4.09. The zero-order valence-electron chi connectivity index (χ0n) is 9.71. The predicted octanol–water partition coefficient (Wildman–Crippen LogP) is 2.03. The summed E-state index contributed by atoms with van der Waals surface area (Å²) in [6.07, 6.45) is 3.55. The molecule has 0 aliphatic rings. The van der Waals surface area contributed by atoms with Crippen molar-refractivity contribution in [1.82, 2.24) is 0 Å². The van der Waals surface area contributed by atoms with Crippen molar-refractivity contribution in [2.45, 2.75) is 20.3 Å². The van der Waals surface area contributed by atoms with Crippen LogP contribution >= 0.6 is 17.4 Å². The summed E-state index contributed by atoms with van der Waals surface area (Å²) in [6, 6.07) is 0. The van der Waals surface area contributed by atoms with Crippen molar-refractivity contribution in [3.8, 4) is 0 Å². The van der Waals surface area contributed by atoms with E-state index in [4.69, 9.17) is 4.52 Å². The molecule has 0 N–H and O–H groups in total. The molecule has 0 spiro atoms. The van der Waals surface area contributed by atoms with E-state index >= 15 is 0 Å². The monoisotopic (exact) mass is 1310 g/mol. The summed E-state index contributed by atoms with van der Waals surface area (Å²) in [5.74, 6) is 0.186. The van der Waals surface area contributed by atoms with Crippen LogP contribution in [0.15, 0.2) is 5.57 Å². The third-order valence-corrected chi connectivity index (χ3v) is 2.85. The van der Waals surface area contributed by atoms with Gasteiger partial charge in [0.25, 0.3) is 0 Å². The van der Waals surface area contributed by atoms with Gasteiger partial charge in [-0.2, -0.15) is 0 Å². The molecule has 0 aromatic carbocycles. The molecule has 0 radical (unpaired) electrons. The molecule has 0 heterocycles. The standard InChI is InChI=1S/C8H13O2P2.6W/c1-6(2)4-7(3)5-8(9)10-12-11;;;;;;/h3,6,12H,5,11H2,1-2H3;;;;;;/q-1;;;;;;. The molecule has 2 nitrogen and oxygen atoms in total. The number of rotatable bonds is 5. The van der Waals surface area contributed by atoms with E-state index < -0.39 is 0 Å². The fourth-order valence-electron chi connectivity index (χ4n) is 0.755. The zero-order valence-corrected chi connectivity index (χ0v) is 29.5. The van der Waals surface area contributed by atoms with E-state index in [1.807, 2.05) is 18.2 Å².